The van der Waals surface area contributed by atoms with Crippen molar-refractivity contribution in [3.8, 4) is 0 Å². The van der Waals surface area contributed by atoms with Crippen LogP contribution in [0.2, 0.25) is 0 Å². The lowest BCUT2D eigenvalue weighted by Gasteiger charge is -2.08. The second kappa shape index (κ2) is 7.70. The minimum atomic E-state index is -2.36. The Bertz CT molecular complexity index is 621. The van der Waals surface area contributed by atoms with E-state index in [0.717, 1.165) is 0 Å². The van der Waals surface area contributed by atoms with E-state index >= 15 is 0 Å². The summed E-state index contributed by atoms with van der Waals surface area (Å²) in [5.74, 6) is -13.8. The Labute approximate surface area is 127 Å². The zero-order chi connectivity index (χ0) is 17.7. The molecule has 9 heteroatoms. The molecule has 0 fully saturated rings. The maximum atomic E-state index is 13.6. The number of halogens is 5. The van der Waals surface area contributed by atoms with Crippen molar-refractivity contribution >= 4 is 18.0 Å². The normalized spacial score (nSPS) is 10.2. The Hall–Kier alpha value is -2.45. The lowest BCUT2D eigenvalue weighted by Crippen LogP contribution is -2.19. The molecule has 0 aliphatic carbocycles. The number of ether oxygens (including phenoxy) is 2. The van der Waals surface area contributed by atoms with Gasteiger partial charge in [-0.15, -0.1) is 0 Å². The van der Waals surface area contributed by atoms with E-state index in [0.29, 0.717) is 0 Å². The first-order valence-electron chi connectivity index (χ1n) is 6.33. The Balaban J connectivity index is 3.54. The maximum absolute atomic E-state index is 13.6. The molecule has 1 aromatic rings. The topological polar surface area (TPSA) is 52.6 Å². The second-order valence-corrected chi connectivity index (χ2v) is 3.98. The Morgan fingerprint density at radius 1 is 0.783 bits per heavy atom. The van der Waals surface area contributed by atoms with E-state index < -0.39 is 52.2 Å². The predicted octanol–water partition coefficient (Wildman–Crippen LogP) is 2.89. The first-order chi connectivity index (χ1) is 10.8. The predicted molar refractivity (Wildman–Crippen MR) is 67.5 cm³/mol. The van der Waals surface area contributed by atoms with Crippen molar-refractivity contribution in [1.82, 2.24) is 0 Å². The summed E-state index contributed by atoms with van der Waals surface area (Å²) >= 11 is 0. The van der Waals surface area contributed by atoms with Crippen LogP contribution in [-0.4, -0.2) is 25.2 Å². The number of esters is 2. The first-order valence-corrected chi connectivity index (χ1v) is 6.33. The fourth-order valence-electron chi connectivity index (χ4n) is 1.51. The molecule has 0 atom stereocenters. The summed E-state index contributed by atoms with van der Waals surface area (Å²) < 4.78 is 75.4. The third kappa shape index (κ3) is 3.85. The minimum absolute atomic E-state index is 0.188. The van der Waals surface area contributed by atoms with E-state index in [4.69, 9.17) is 0 Å². The molecule has 0 spiro atoms. The van der Waals surface area contributed by atoms with Gasteiger partial charge in [0.1, 0.15) is 5.57 Å². The summed E-state index contributed by atoms with van der Waals surface area (Å²) in [4.78, 5) is 23.3. The van der Waals surface area contributed by atoms with E-state index in [9.17, 15) is 31.5 Å². The fraction of sp³-hybridized carbons (Fsp3) is 0.286. The molecule has 23 heavy (non-hydrogen) atoms. The van der Waals surface area contributed by atoms with Crippen LogP contribution in [0.3, 0.4) is 0 Å². The van der Waals surface area contributed by atoms with Gasteiger partial charge in [0.05, 0.1) is 18.8 Å². The number of rotatable bonds is 5. The average Bonchev–Trinajstić information content (AvgIpc) is 2.51. The van der Waals surface area contributed by atoms with Gasteiger partial charge in [0.2, 0.25) is 5.82 Å². The molecule has 0 unspecified atom stereocenters. The molecule has 0 aliphatic heterocycles. The van der Waals surface area contributed by atoms with Crippen molar-refractivity contribution in [3.05, 3.63) is 40.2 Å². The van der Waals surface area contributed by atoms with Gasteiger partial charge < -0.3 is 9.47 Å². The molecule has 0 radical (unpaired) electrons. The Morgan fingerprint density at radius 2 is 1.13 bits per heavy atom. The molecule has 0 aliphatic rings. The Morgan fingerprint density at radius 3 is 1.48 bits per heavy atom. The van der Waals surface area contributed by atoms with Gasteiger partial charge in [-0.25, -0.2) is 31.5 Å². The van der Waals surface area contributed by atoms with E-state index in [1.54, 1.807) is 0 Å². The summed E-state index contributed by atoms with van der Waals surface area (Å²) in [5, 5.41) is 0. The number of benzene rings is 1. The fourth-order valence-corrected chi connectivity index (χ4v) is 1.51. The Kier molecular flexibility index (Phi) is 6.23. The molecule has 0 saturated heterocycles. The summed E-state index contributed by atoms with van der Waals surface area (Å²) in [6, 6.07) is 0. The molecule has 1 rings (SSSR count). The molecule has 0 heterocycles. The highest BCUT2D eigenvalue weighted by Gasteiger charge is 2.28. The van der Waals surface area contributed by atoms with Crippen molar-refractivity contribution in [1.29, 1.82) is 0 Å². The molecule has 0 saturated carbocycles. The number of hydrogen-bond acceptors (Lipinski definition) is 4. The standard InChI is InChI=1S/C14H11F5O4/c1-3-22-13(20)7(14(21)23-4-2)5-6-8(15)10(17)12(19)11(18)9(6)16/h5H,3-4H2,1-2H3. The number of carbonyl (C=O) groups excluding carboxylic acids is 2. The summed E-state index contributed by atoms with van der Waals surface area (Å²) in [6.07, 6.45) is 0.201. The van der Waals surface area contributed by atoms with Crippen LogP contribution in [0.15, 0.2) is 5.57 Å². The van der Waals surface area contributed by atoms with Crippen molar-refractivity contribution in [2.24, 2.45) is 0 Å². The highest BCUT2D eigenvalue weighted by Crippen LogP contribution is 2.25. The van der Waals surface area contributed by atoms with Crippen LogP contribution in [0, 0.1) is 29.1 Å². The molecule has 1 aromatic carbocycles. The smallest absolute Gasteiger partial charge is 0.345 e. The van der Waals surface area contributed by atoms with Crippen molar-refractivity contribution < 1.29 is 41.0 Å². The van der Waals surface area contributed by atoms with Crippen LogP contribution >= 0.6 is 0 Å². The molecule has 0 aromatic heterocycles. The second-order valence-electron chi connectivity index (χ2n) is 3.98. The van der Waals surface area contributed by atoms with Gasteiger partial charge in [0.15, 0.2) is 23.3 Å². The number of hydrogen-bond donors (Lipinski definition) is 0. The molecule has 0 N–H and O–H groups in total. The van der Waals surface area contributed by atoms with Gasteiger partial charge in [-0.1, -0.05) is 0 Å². The van der Waals surface area contributed by atoms with E-state index in [1.165, 1.54) is 13.8 Å². The lowest BCUT2D eigenvalue weighted by molar-refractivity contribution is -0.146. The van der Waals surface area contributed by atoms with Crippen LogP contribution in [-0.2, 0) is 19.1 Å². The van der Waals surface area contributed by atoms with Gasteiger partial charge in [-0.3, -0.25) is 0 Å². The summed E-state index contributed by atoms with van der Waals surface area (Å²) in [6.45, 7) is 2.40. The highest BCUT2D eigenvalue weighted by atomic mass is 19.2. The van der Waals surface area contributed by atoms with Gasteiger partial charge in [0.25, 0.3) is 0 Å². The van der Waals surface area contributed by atoms with Crippen molar-refractivity contribution in [2.75, 3.05) is 13.2 Å². The van der Waals surface area contributed by atoms with Crippen molar-refractivity contribution in [3.63, 3.8) is 0 Å². The quantitative estimate of drug-likeness (QED) is 0.158. The first kappa shape index (κ1) is 18.6. The van der Waals surface area contributed by atoms with Crippen LogP contribution in [0.1, 0.15) is 19.4 Å². The minimum Gasteiger partial charge on any atom is -0.462 e. The van der Waals surface area contributed by atoms with Gasteiger partial charge in [0, 0.05) is 0 Å². The monoisotopic (exact) mass is 338 g/mol. The van der Waals surface area contributed by atoms with Gasteiger partial charge in [-0.05, 0) is 19.9 Å². The molecule has 126 valence electrons. The average molecular weight is 338 g/mol. The molecule has 4 nitrogen and oxygen atoms in total. The van der Waals surface area contributed by atoms with Gasteiger partial charge in [-0.2, -0.15) is 0 Å². The molecule has 0 bridgehead atoms. The number of carbonyl (C=O) groups is 2. The zero-order valence-corrected chi connectivity index (χ0v) is 12.0. The highest BCUT2D eigenvalue weighted by molar-refractivity contribution is 6.17. The molecular weight excluding hydrogens is 327 g/mol. The van der Waals surface area contributed by atoms with E-state index in [2.05, 4.69) is 9.47 Å². The summed E-state index contributed by atoms with van der Waals surface area (Å²) in [5.41, 5.74) is -2.45. The van der Waals surface area contributed by atoms with Crippen LogP contribution in [0.4, 0.5) is 22.0 Å². The van der Waals surface area contributed by atoms with Gasteiger partial charge >= 0.3 is 11.9 Å². The third-order valence-corrected chi connectivity index (χ3v) is 2.52. The SMILES string of the molecule is CCOC(=O)C(=Cc1c(F)c(F)c(F)c(F)c1F)C(=O)OCC. The van der Waals surface area contributed by atoms with Crippen LogP contribution in [0.5, 0.6) is 0 Å². The van der Waals surface area contributed by atoms with Crippen LogP contribution < -0.4 is 0 Å². The molecular formula is C14H11F5O4. The lowest BCUT2D eigenvalue weighted by atomic mass is 10.1. The third-order valence-electron chi connectivity index (χ3n) is 2.52. The van der Waals surface area contributed by atoms with E-state index in [-0.39, 0.29) is 19.3 Å². The van der Waals surface area contributed by atoms with Crippen molar-refractivity contribution in [2.45, 2.75) is 13.8 Å². The zero-order valence-electron chi connectivity index (χ0n) is 12.0. The molecule has 0 amide bonds. The van der Waals surface area contributed by atoms with E-state index in [1.807, 2.05) is 0 Å². The van der Waals surface area contributed by atoms with Crippen LogP contribution in [0.25, 0.3) is 6.08 Å². The maximum Gasteiger partial charge on any atom is 0.345 e. The largest absolute Gasteiger partial charge is 0.462 e. The summed E-state index contributed by atoms with van der Waals surface area (Å²) in [7, 11) is 0.